The SMILES string of the molecule is CCc1ccc(OC(=O)CCCCCNC(C)=O)cc1. The number of ether oxygens (including phenoxy) is 1. The second-order valence-corrected chi connectivity index (χ2v) is 4.77. The summed E-state index contributed by atoms with van der Waals surface area (Å²) in [7, 11) is 0. The standard InChI is InChI=1S/C16H23NO3/c1-3-14-8-10-15(11-9-14)20-16(19)7-5-4-6-12-17-13(2)18/h8-11H,3-7,12H2,1-2H3,(H,17,18). The van der Waals surface area contributed by atoms with Crippen molar-refractivity contribution in [3.63, 3.8) is 0 Å². The van der Waals surface area contributed by atoms with E-state index in [9.17, 15) is 9.59 Å². The van der Waals surface area contributed by atoms with Gasteiger partial charge in [0.25, 0.3) is 0 Å². The Morgan fingerprint density at radius 1 is 1.10 bits per heavy atom. The van der Waals surface area contributed by atoms with Crippen molar-refractivity contribution in [2.24, 2.45) is 0 Å². The number of aryl methyl sites for hydroxylation is 1. The maximum absolute atomic E-state index is 11.6. The minimum atomic E-state index is -0.200. The first kappa shape index (κ1) is 16.2. The van der Waals surface area contributed by atoms with Crippen LogP contribution in [0.4, 0.5) is 0 Å². The molecule has 4 nitrogen and oxygen atoms in total. The average Bonchev–Trinajstić information content (AvgIpc) is 2.43. The van der Waals surface area contributed by atoms with Gasteiger partial charge in [-0.15, -0.1) is 0 Å². The van der Waals surface area contributed by atoms with Crippen LogP contribution in [0.2, 0.25) is 0 Å². The molecule has 0 aromatic heterocycles. The fourth-order valence-electron chi connectivity index (χ4n) is 1.81. The van der Waals surface area contributed by atoms with Crippen molar-refractivity contribution in [1.29, 1.82) is 0 Å². The summed E-state index contributed by atoms with van der Waals surface area (Å²) in [4.78, 5) is 22.3. The minimum Gasteiger partial charge on any atom is -0.427 e. The number of carbonyl (C=O) groups excluding carboxylic acids is 2. The first-order chi connectivity index (χ1) is 9.61. The maximum Gasteiger partial charge on any atom is 0.311 e. The van der Waals surface area contributed by atoms with E-state index in [2.05, 4.69) is 12.2 Å². The van der Waals surface area contributed by atoms with E-state index >= 15 is 0 Å². The Labute approximate surface area is 120 Å². The molecule has 0 bridgehead atoms. The van der Waals surface area contributed by atoms with E-state index in [1.807, 2.05) is 24.3 Å². The van der Waals surface area contributed by atoms with Crippen molar-refractivity contribution in [3.8, 4) is 5.75 Å². The summed E-state index contributed by atoms with van der Waals surface area (Å²) in [6.45, 7) is 4.26. The molecule has 0 heterocycles. The lowest BCUT2D eigenvalue weighted by atomic mass is 10.2. The highest BCUT2D eigenvalue weighted by atomic mass is 16.5. The summed E-state index contributed by atoms with van der Waals surface area (Å²) in [5.74, 6) is 0.388. The summed E-state index contributed by atoms with van der Waals surface area (Å²) in [6, 6.07) is 7.59. The first-order valence-corrected chi connectivity index (χ1v) is 7.16. The Morgan fingerprint density at radius 3 is 2.40 bits per heavy atom. The second kappa shape index (κ2) is 9.13. The molecule has 1 N–H and O–H groups in total. The van der Waals surface area contributed by atoms with E-state index in [4.69, 9.17) is 4.74 Å². The quantitative estimate of drug-likeness (QED) is 0.451. The zero-order chi connectivity index (χ0) is 14.8. The molecule has 0 atom stereocenters. The Hall–Kier alpha value is -1.84. The summed E-state index contributed by atoms with van der Waals surface area (Å²) >= 11 is 0. The molecule has 20 heavy (non-hydrogen) atoms. The van der Waals surface area contributed by atoms with Crippen molar-refractivity contribution >= 4 is 11.9 Å². The molecule has 0 saturated heterocycles. The molecule has 4 heteroatoms. The molecule has 1 amide bonds. The van der Waals surface area contributed by atoms with Crippen molar-refractivity contribution in [3.05, 3.63) is 29.8 Å². The van der Waals surface area contributed by atoms with Gasteiger partial charge in [0.1, 0.15) is 5.75 Å². The lowest BCUT2D eigenvalue weighted by molar-refractivity contribution is -0.134. The Balaban J connectivity index is 2.15. The molecular formula is C16H23NO3. The second-order valence-electron chi connectivity index (χ2n) is 4.77. The molecule has 110 valence electrons. The highest BCUT2D eigenvalue weighted by Gasteiger charge is 2.04. The molecule has 0 unspecified atom stereocenters. The van der Waals surface area contributed by atoms with E-state index in [0.29, 0.717) is 18.7 Å². The third-order valence-electron chi connectivity index (χ3n) is 2.99. The topological polar surface area (TPSA) is 55.4 Å². The Kier molecular flexibility index (Phi) is 7.40. The van der Waals surface area contributed by atoms with Gasteiger partial charge in [-0.1, -0.05) is 25.5 Å². The molecule has 0 radical (unpaired) electrons. The molecular weight excluding hydrogens is 254 g/mol. The highest BCUT2D eigenvalue weighted by molar-refractivity contribution is 5.73. The van der Waals surface area contributed by atoms with E-state index < -0.39 is 0 Å². The zero-order valence-corrected chi connectivity index (χ0v) is 12.3. The number of benzene rings is 1. The third-order valence-corrected chi connectivity index (χ3v) is 2.99. The summed E-state index contributed by atoms with van der Waals surface area (Å²) < 4.78 is 5.25. The fraction of sp³-hybridized carbons (Fsp3) is 0.500. The summed E-state index contributed by atoms with van der Waals surface area (Å²) in [5.41, 5.74) is 1.22. The number of hydrogen-bond acceptors (Lipinski definition) is 3. The van der Waals surface area contributed by atoms with Crippen LogP contribution in [-0.2, 0) is 16.0 Å². The number of unbranched alkanes of at least 4 members (excludes halogenated alkanes) is 2. The normalized spacial score (nSPS) is 10.1. The van der Waals surface area contributed by atoms with Crippen LogP contribution in [0.1, 0.15) is 45.1 Å². The zero-order valence-electron chi connectivity index (χ0n) is 12.3. The Morgan fingerprint density at radius 2 is 1.80 bits per heavy atom. The van der Waals surface area contributed by atoms with Crippen molar-refractivity contribution in [2.75, 3.05) is 6.54 Å². The maximum atomic E-state index is 11.6. The molecule has 1 aromatic rings. The van der Waals surface area contributed by atoms with E-state index in [1.54, 1.807) is 0 Å². The van der Waals surface area contributed by atoms with E-state index in [1.165, 1.54) is 12.5 Å². The van der Waals surface area contributed by atoms with Gasteiger partial charge in [-0.05, 0) is 37.0 Å². The molecule has 1 rings (SSSR count). The van der Waals surface area contributed by atoms with Crippen molar-refractivity contribution in [2.45, 2.75) is 46.0 Å². The largest absolute Gasteiger partial charge is 0.427 e. The van der Waals surface area contributed by atoms with Gasteiger partial charge in [0.15, 0.2) is 0 Å². The lowest BCUT2D eigenvalue weighted by Gasteiger charge is -2.05. The van der Waals surface area contributed by atoms with Crippen molar-refractivity contribution in [1.82, 2.24) is 5.32 Å². The molecule has 0 aliphatic rings. The minimum absolute atomic E-state index is 0.0139. The van der Waals surface area contributed by atoms with Crippen molar-refractivity contribution < 1.29 is 14.3 Å². The molecule has 0 aliphatic carbocycles. The smallest absolute Gasteiger partial charge is 0.311 e. The number of carbonyl (C=O) groups is 2. The van der Waals surface area contributed by atoms with Crippen LogP contribution in [0, 0.1) is 0 Å². The number of rotatable bonds is 8. The van der Waals surface area contributed by atoms with Crippen LogP contribution in [0.15, 0.2) is 24.3 Å². The summed E-state index contributed by atoms with van der Waals surface area (Å²) in [5, 5.41) is 2.73. The van der Waals surface area contributed by atoms with E-state index in [0.717, 1.165) is 25.7 Å². The molecule has 1 aromatic carbocycles. The number of amides is 1. The van der Waals surface area contributed by atoms with Crippen LogP contribution in [0.25, 0.3) is 0 Å². The van der Waals surface area contributed by atoms with Gasteiger partial charge in [0, 0.05) is 19.9 Å². The van der Waals surface area contributed by atoms with Gasteiger partial charge in [-0.2, -0.15) is 0 Å². The molecule has 0 spiro atoms. The predicted molar refractivity (Wildman–Crippen MR) is 78.6 cm³/mol. The molecule has 0 saturated carbocycles. The van der Waals surface area contributed by atoms with Crippen LogP contribution >= 0.6 is 0 Å². The average molecular weight is 277 g/mol. The number of hydrogen-bond donors (Lipinski definition) is 1. The Bertz CT molecular complexity index is 426. The van der Waals surface area contributed by atoms with Gasteiger partial charge >= 0.3 is 5.97 Å². The van der Waals surface area contributed by atoms with Gasteiger partial charge in [-0.25, -0.2) is 0 Å². The van der Waals surface area contributed by atoms with Gasteiger partial charge < -0.3 is 10.1 Å². The van der Waals surface area contributed by atoms with Crippen LogP contribution in [0.5, 0.6) is 5.75 Å². The number of nitrogens with one attached hydrogen (secondary N) is 1. The monoisotopic (exact) mass is 277 g/mol. The van der Waals surface area contributed by atoms with Crippen LogP contribution in [0.3, 0.4) is 0 Å². The fourth-order valence-corrected chi connectivity index (χ4v) is 1.81. The number of esters is 1. The molecule has 0 aliphatic heterocycles. The summed E-state index contributed by atoms with van der Waals surface area (Å²) in [6.07, 6.45) is 3.96. The first-order valence-electron chi connectivity index (χ1n) is 7.16. The van der Waals surface area contributed by atoms with E-state index in [-0.39, 0.29) is 11.9 Å². The van der Waals surface area contributed by atoms with Crippen LogP contribution < -0.4 is 10.1 Å². The highest BCUT2D eigenvalue weighted by Crippen LogP contribution is 2.13. The lowest BCUT2D eigenvalue weighted by Crippen LogP contribution is -2.20. The van der Waals surface area contributed by atoms with Gasteiger partial charge in [0.05, 0.1) is 0 Å². The molecule has 0 fully saturated rings. The van der Waals surface area contributed by atoms with Gasteiger partial charge in [0.2, 0.25) is 5.91 Å². The van der Waals surface area contributed by atoms with Crippen LogP contribution in [-0.4, -0.2) is 18.4 Å². The predicted octanol–water partition coefficient (Wildman–Crippen LogP) is 2.85. The van der Waals surface area contributed by atoms with Gasteiger partial charge in [-0.3, -0.25) is 9.59 Å². The third kappa shape index (κ3) is 6.92.